The van der Waals surface area contributed by atoms with Gasteiger partial charge in [-0.1, -0.05) is 11.6 Å². The lowest BCUT2D eigenvalue weighted by atomic mass is 10.3. The van der Waals surface area contributed by atoms with E-state index < -0.39 is 0 Å². The van der Waals surface area contributed by atoms with Gasteiger partial charge in [-0.15, -0.1) is 11.3 Å². The van der Waals surface area contributed by atoms with Gasteiger partial charge < -0.3 is 5.32 Å². The Kier molecular flexibility index (Phi) is 4.28. The molecule has 0 atom stereocenters. The van der Waals surface area contributed by atoms with Crippen molar-refractivity contribution in [3.05, 3.63) is 56.3 Å². The first kappa shape index (κ1) is 14.6. The first-order valence-electron chi connectivity index (χ1n) is 6.28. The molecule has 0 amide bonds. The van der Waals surface area contributed by atoms with E-state index in [-0.39, 0.29) is 0 Å². The highest BCUT2D eigenvalue weighted by Crippen LogP contribution is 2.32. The van der Waals surface area contributed by atoms with Crippen molar-refractivity contribution in [2.24, 2.45) is 0 Å². The number of hydrogen-bond donors (Lipinski definition) is 1. The molecule has 0 saturated heterocycles. The zero-order valence-corrected chi connectivity index (χ0v) is 14.3. The molecule has 0 aliphatic carbocycles. The third-order valence-corrected chi connectivity index (χ3v) is 5.46. The van der Waals surface area contributed by atoms with Gasteiger partial charge in [-0.05, 0) is 41.1 Å². The van der Waals surface area contributed by atoms with Crippen molar-refractivity contribution in [3.63, 3.8) is 0 Å². The van der Waals surface area contributed by atoms with Crippen LogP contribution in [0.1, 0.15) is 10.7 Å². The molecule has 1 N–H and O–H groups in total. The van der Waals surface area contributed by atoms with Gasteiger partial charge in [0.05, 0.1) is 5.69 Å². The van der Waals surface area contributed by atoms with Crippen molar-refractivity contribution in [3.8, 4) is 5.82 Å². The Labute approximate surface area is 139 Å². The normalized spacial score (nSPS) is 10.8. The average molecular weight is 384 g/mol. The number of nitrogens with zero attached hydrogens (tertiary/aromatic N) is 3. The summed E-state index contributed by atoms with van der Waals surface area (Å²) in [6.07, 6.45) is 5.45. The summed E-state index contributed by atoms with van der Waals surface area (Å²) in [5.74, 6) is 1.74. The Morgan fingerprint density at radius 3 is 2.90 bits per heavy atom. The Hall–Kier alpha value is -1.37. The quantitative estimate of drug-likeness (QED) is 0.712. The zero-order chi connectivity index (χ0) is 14.8. The van der Waals surface area contributed by atoms with Crippen LogP contribution in [0.4, 0.5) is 5.69 Å². The first-order valence-corrected chi connectivity index (χ1v) is 8.27. The molecule has 0 spiro atoms. The topological polar surface area (TPSA) is 42.7 Å². The molecule has 0 fully saturated rings. The van der Waals surface area contributed by atoms with Crippen molar-refractivity contribution in [1.29, 1.82) is 0 Å². The van der Waals surface area contributed by atoms with E-state index in [4.69, 9.17) is 11.6 Å². The molecule has 0 unspecified atom stereocenters. The van der Waals surface area contributed by atoms with Gasteiger partial charge in [0.2, 0.25) is 0 Å². The minimum atomic E-state index is 0.697. The van der Waals surface area contributed by atoms with Gasteiger partial charge in [-0.25, -0.2) is 9.97 Å². The van der Waals surface area contributed by atoms with E-state index in [2.05, 4.69) is 31.2 Å². The van der Waals surface area contributed by atoms with Crippen LogP contribution in [0.15, 0.2) is 41.3 Å². The van der Waals surface area contributed by atoms with Crippen molar-refractivity contribution < 1.29 is 0 Å². The summed E-state index contributed by atoms with van der Waals surface area (Å²) in [4.78, 5) is 9.84. The molecule has 7 heteroatoms. The van der Waals surface area contributed by atoms with Crippen LogP contribution in [0.3, 0.4) is 0 Å². The lowest BCUT2D eigenvalue weighted by molar-refractivity contribution is 0.930. The highest BCUT2D eigenvalue weighted by Gasteiger charge is 2.09. The number of aromatic nitrogens is 3. The predicted octanol–water partition coefficient (Wildman–Crippen LogP) is 4.67. The monoisotopic (exact) mass is 382 g/mol. The molecule has 3 heterocycles. The minimum Gasteiger partial charge on any atom is -0.377 e. The van der Waals surface area contributed by atoms with Crippen LogP contribution < -0.4 is 5.32 Å². The number of rotatable bonds is 4. The van der Waals surface area contributed by atoms with E-state index in [1.165, 1.54) is 0 Å². The Bertz CT molecular complexity index is 748. The number of aryl methyl sites for hydroxylation is 1. The van der Waals surface area contributed by atoms with Crippen LogP contribution >= 0.6 is 38.9 Å². The molecule has 21 heavy (non-hydrogen) atoms. The molecule has 3 aromatic heterocycles. The Morgan fingerprint density at radius 2 is 2.24 bits per heavy atom. The van der Waals surface area contributed by atoms with Gasteiger partial charge in [0.1, 0.15) is 10.2 Å². The first-order chi connectivity index (χ1) is 10.1. The molecule has 4 nitrogen and oxygen atoms in total. The van der Waals surface area contributed by atoms with E-state index in [1.54, 1.807) is 23.7 Å². The number of halogens is 2. The van der Waals surface area contributed by atoms with E-state index in [9.17, 15) is 0 Å². The van der Waals surface area contributed by atoms with E-state index in [0.717, 1.165) is 31.0 Å². The smallest absolute Gasteiger partial charge is 0.161 e. The van der Waals surface area contributed by atoms with Gasteiger partial charge in [0, 0.05) is 34.5 Å². The largest absolute Gasteiger partial charge is 0.377 e. The maximum atomic E-state index is 6.06. The summed E-state index contributed by atoms with van der Waals surface area (Å²) in [6, 6.07) is 5.94. The number of nitrogens with one attached hydrogen (secondary N) is 1. The molecule has 0 aliphatic rings. The second-order valence-electron chi connectivity index (χ2n) is 4.41. The molecule has 0 saturated carbocycles. The fourth-order valence-electron chi connectivity index (χ4n) is 1.99. The van der Waals surface area contributed by atoms with Gasteiger partial charge >= 0.3 is 0 Å². The van der Waals surface area contributed by atoms with Gasteiger partial charge in [0.15, 0.2) is 5.82 Å². The summed E-state index contributed by atoms with van der Waals surface area (Å²) in [6.45, 7) is 2.65. The van der Waals surface area contributed by atoms with Crippen molar-refractivity contribution >= 4 is 44.6 Å². The van der Waals surface area contributed by atoms with Crippen LogP contribution in [0.5, 0.6) is 0 Å². The zero-order valence-electron chi connectivity index (χ0n) is 11.2. The molecule has 0 aromatic carbocycles. The number of hydrogen-bond acceptors (Lipinski definition) is 4. The van der Waals surface area contributed by atoms with E-state index in [1.807, 2.05) is 35.9 Å². The second kappa shape index (κ2) is 6.17. The number of anilines is 1. The average Bonchev–Trinajstić information content (AvgIpc) is 3.03. The minimum absolute atomic E-state index is 0.697. The van der Waals surface area contributed by atoms with Crippen LogP contribution in [0.25, 0.3) is 5.82 Å². The van der Waals surface area contributed by atoms with Crippen LogP contribution in [-0.2, 0) is 6.54 Å². The molecule has 0 bridgehead atoms. The fraction of sp³-hybridized carbons (Fsp3) is 0.143. The number of thiophene rings is 1. The maximum Gasteiger partial charge on any atom is 0.161 e. The highest BCUT2D eigenvalue weighted by atomic mass is 79.9. The fourth-order valence-corrected chi connectivity index (χ4v) is 3.72. The standard InChI is InChI=1S/C14H12BrClN4S/c1-9-17-5-6-20(9)14-12(3-2-4-18-14)19-8-10-7-11(15)13(16)21-10/h2-7,19H,8H2,1H3. The number of pyridine rings is 1. The Balaban J connectivity index is 1.84. The van der Waals surface area contributed by atoms with E-state index in [0.29, 0.717) is 6.54 Å². The predicted molar refractivity (Wildman–Crippen MR) is 90.5 cm³/mol. The summed E-state index contributed by atoms with van der Waals surface area (Å²) >= 11 is 11.0. The van der Waals surface area contributed by atoms with Crippen molar-refractivity contribution in [1.82, 2.24) is 14.5 Å². The number of imidazole rings is 1. The Morgan fingerprint density at radius 1 is 1.38 bits per heavy atom. The lowest BCUT2D eigenvalue weighted by Crippen LogP contribution is -2.06. The molecule has 0 aliphatic heterocycles. The van der Waals surface area contributed by atoms with E-state index >= 15 is 0 Å². The summed E-state index contributed by atoms with van der Waals surface area (Å²) < 4.78 is 3.66. The second-order valence-corrected chi connectivity index (χ2v) is 7.00. The SMILES string of the molecule is Cc1nccn1-c1ncccc1NCc1cc(Br)c(Cl)s1. The van der Waals surface area contributed by atoms with Crippen molar-refractivity contribution in [2.75, 3.05) is 5.32 Å². The summed E-state index contributed by atoms with van der Waals surface area (Å²) in [5, 5.41) is 3.41. The summed E-state index contributed by atoms with van der Waals surface area (Å²) in [7, 11) is 0. The lowest BCUT2D eigenvalue weighted by Gasteiger charge is -2.11. The summed E-state index contributed by atoms with van der Waals surface area (Å²) in [5.41, 5.74) is 0.958. The molecule has 3 rings (SSSR count). The van der Waals surface area contributed by atoms with Gasteiger partial charge in [0.25, 0.3) is 0 Å². The van der Waals surface area contributed by atoms with Crippen LogP contribution in [0.2, 0.25) is 4.34 Å². The molecule has 0 radical (unpaired) electrons. The van der Waals surface area contributed by atoms with Gasteiger partial charge in [-0.3, -0.25) is 4.57 Å². The molecular weight excluding hydrogens is 372 g/mol. The van der Waals surface area contributed by atoms with Crippen molar-refractivity contribution in [2.45, 2.75) is 13.5 Å². The molecular formula is C14H12BrClN4S. The molecule has 3 aromatic rings. The third-order valence-electron chi connectivity index (χ3n) is 2.99. The highest BCUT2D eigenvalue weighted by molar-refractivity contribution is 9.10. The van der Waals surface area contributed by atoms with Crippen LogP contribution in [-0.4, -0.2) is 14.5 Å². The van der Waals surface area contributed by atoms with Crippen LogP contribution in [0, 0.1) is 6.92 Å². The maximum absolute atomic E-state index is 6.06. The van der Waals surface area contributed by atoms with Gasteiger partial charge in [-0.2, -0.15) is 0 Å². The molecule has 108 valence electrons. The third kappa shape index (κ3) is 3.12.